The van der Waals surface area contributed by atoms with Crippen molar-refractivity contribution in [2.24, 2.45) is 10.9 Å². The number of likely N-dealkylation sites (tertiary alicyclic amines) is 1. The van der Waals surface area contributed by atoms with Gasteiger partial charge in [0.25, 0.3) is 5.91 Å². The summed E-state index contributed by atoms with van der Waals surface area (Å²) >= 11 is 0. The van der Waals surface area contributed by atoms with E-state index in [4.69, 9.17) is 0 Å². The van der Waals surface area contributed by atoms with E-state index >= 15 is 0 Å². The van der Waals surface area contributed by atoms with Gasteiger partial charge in [0.05, 0.1) is 0 Å². The van der Waals surface area contributed by atoms with Crippen LogP contribution in [0.15, 0.2) is 29.3 Å². The summed E-state index contributed by atoms with van der Waals surface area (Å²) in [6, 6.07) is 7.68. The van der Waals surface area contributed by atoms with E-state index in [1.807, 2.05) is 24.3 Å². The van der Waals surface area contributed by atoms with Gasteiger partial charge < -0.3 is 20.4 Å². The second-order valence-corrected chi connectivity index (χ2v) is 6.62. The number of carbonyl (C=O) groups excluding carboxylic acids is 1. The number of carbonyl (C=O) groups is 1. The average molecular weight is 331 g/mol. The first-order valence-electron chi connectivity index (χ1n) is 8.43. The lowest BCUT2D eigenvalue weighted by atomic mass is 10.1. The molecule has 1 saturated heterocycles. The van der Waals surface area contributed by atoms with Crippen molar-refractivity contribution in [3.05, 3.63) is 35.4 Å². The molecule has 0 saturated carbocycles. The maximum absolute atomic E-state index is 11.9. The lowest BCUT2D eigenvalue weighted by Crippen LogP contribution is -2.39. The number of aliphatic imine (C=N–C) groups is 1. The third-order valence-corrected chi connectivity index (χ3v) is 4.34. The highest BCUT2D eigenvalue weighted by Crippen LogP contribution is 2.12. The van der Waals surface area contributed by atoms with Gasteiger partial charge in [0.15, 0.2) is 5.96 Å². The largest absolute Gasteiger partial charge is 0.356 e. The first-order chi connectivity index (χ1) is 11.5. The first kappa shape index (κ1) is 18.3. The second-order valence-electron chi connectivity index (χ2n) is 6.62. The molecule has 1 heterocycles. The zero-order valence-corrected chi connectivity index (χ0v) is 15.2. The van der Waals surface area contributed by atoms with Gasteiger partial charge in [-0.05, 0) is 43.6 Å². The van der Waals surface area contributed by atoms with Crippen LogP contribution in [0, 0.1) is 5.92 Å². The molecule has 1 atom stereocenters. The lowest BCUT2D eigenvalue weighted by molar-refractivity contribution is 0.0827. The lowest BCUT2D eigenvalue weighted by Gasteiger charge is -2.16. The van der Waals surface area contributed by atoms with Gasteiger partial charge in [0.2, 0.25) is 0 Å². The molecular weight excluding hydrogens is 302 g/mol. The molecule has 0 radical (unpaired) electrons. The summed E-state index contributed by atoms with van der Waals surface area (Å²) in [5.74, 6) is 1.52. The summed E-state index contributed by atoms with van der Waals surface area (Å²) in [5, 5.41) is 6.72. The Bertz CT molecular complexity index is 567. The van der Waals surface area contributed by atoms with Crippen molar-refractivity contribution in [1.82, 2.24) is 20.4 Å². The van der Waals surface area contributed by atoms with Gasteiger partial charge in [-0.1, -0.05) is 12.1 Å². The molecule has 0 spiro atoms. The van der Waals surface area contributed by atoms with Crippen molar-refractivity contribution in [2.75, 3.05) is 47.8 Å². The Labute approximate surface area is 144 Å². The van der Waals surface area contributed by atoms with E-state index < -0.39 is 0 Å². The van der Waals surface area contributed by atoms with Crippen LogP contribution in [0.1, 0.15) is 22.3 Å². The minimum atomic E-state index is 0.0218. The van der Waals surface area contributed by atoms with Crippen LogP contribution in [-0.4, -0.2) is 69.5 Å². The molecule has 2 rings (SSSR count). The smallest absolute Gasteiger partial charge is 0.253 e. The van der Waals surface area contributed by atoms with Crippen molar-refractivity contribution in [3.63, 3.8) is 0 Å². The number of guanidine groups is 1. The Morgan fingerprint density at radius 2 is 2.00 bits per heavy atom. The average Bonchev–Trinajstić information content (AvgIpc) is 3.00. The molecule has 1 aromatic carbocycles. The van der Waals surface area contributed by atoms with Gasteiger partial charge in [-0.2, -0.15) is 0 Å². The van der Waals surface area contributed by atoms with Crippen LogP contribution in [-0.2, 0) is 6.54 Å². The molecule has 1 unspecified atom stereocenters. The molecule has 0 aromatic heterocycles. The molecule has 1 amide bonds. The van der Waals surface area contributed by atoms with Crippen molar-refractivity contribution >= 4 is 11.9 Å². The van der Waals surface area contributed by atoms with Gasteiger partial charge >= 0.3 is 0 Å². The molecule has 1 fully saturated rings. The van der Waals surface area contributed by atoms with Crippen LogP contribution < -0.4 is 10.6 Å². The van der Waals surface area contributed by atoms with Crippen LogP contribution in [0.2, 0.25) is 0 Å². The Morgan fingerprint density at radius 3 is 2.54 bits per heavy atom. The maximum Gasteiger partial charge on any atom is 0.253 e. The zero-order valence-electron chi connectivity index (χ0n) is 15.2. The van der Waals surface area contributed by atoms with Crippen molar-refractivity contribution in [3.8, 4) is 0 Å². The van der Waals surface area contributed by atoms with Gasteiger partial charge in [-0.25, -0.2) is 0 Å². The van der Waals surface area contributed by atoms with Crippen molar-refractivity contribution in [1.29, 1.82) is 0 Å². The molecule has 1 aliphatic rings. The summed E-state index contributed by atoms with van der Waals surface area (Å²) in [6.45, 7) is 3.95. The number of nitrogens with zero attached hydrogens (tertiary/aromatic N) is 3. The van der Waals surface area contributed by atoms with Gasteiger partial charge in [0, 0.05) is 46.3 Å². The van der Waals surface area contributed by atoms with E-state index in [1.165, 1.54) is 13.0 Å². The van der Waals surface area contributed by atoms with Crippen molar-refractivity contribution < 1.29 is 4.79 Å². The van der Waals surface area contributed by atoms with Crippen LogP contribution in [0.5, 0.6) is 0 Å². The van der Waals surface area contributed by atoms with Crippen LogP contribution >= 0.6 is 0 Å². The highest BCUT2D eigenvalue weighted by molar-refractivity contribution is 5.93. The molecule has 0 aliphatic carbocycles. The molecule has 6 heteroatoms. The highest BCUT2D eigenvalue weighted by atomic mass is 16.2. The summed E-state index contributed by atoms with van der Waals surface area (Å²) in [7, 11) is 7.47. The Hall–Kier alpha value is -2.08. The molecule has 24 heavy (non-hydrogen) atoms. The number of hydrogen-bond acceptors (Lipinski definition) is 3. The van der Waals surface area contributed by atoms with Crippen LogP contribution in [0.25, 0.3) is 0 Å². The second kappa shape index (κ2) is 8.68. The first-order valence-corrected chi connectivity index (χ1v) is 8.43. The quantitative estimate of drug-likeness (QED) is 0.624. The van der Waals surface area contributed by atoms with E-state index in [1.54, 1.807) is 26.0 Å². The third-order valence-electron chi connectivity index (χ3n) is 4.34. The molecule has 1 aliphatic heterocycles. The summed E-state index contributed by atoms with van der Waals surface area (Å²) < 4.78 is 0. The predicted octanol–water partition coefficient (Wildman–Crippen LogP) is 1.01. The molecule has 6 nitrogen and oxygen atoms in total. The standard InChI is InChI=1S/C18H29N5O/c1-19-18(21-12-15-9-10-23(4)13-15)20-11-14-5-7-16(8-6-14)17(24)22(2)3/h5-8,15H,9-13H2,1-4H3,(H2,19,20,21). The maximum atomic E-state index is 11.9. The van der Waals surface area contributed by atoms with E-state index in [0.29, 0.717) is 18.0 Å². The fourth-order valence-electron chi connectivity index (χ4n) is 2.86. The third kappa shape index (κ3) is 5.23. The van der Waals surface area contributed by atoms with Gasteiger partial charge in [-0.3, -0.25) is 9.79 Å². The molecular formula is C18H29N5O. The molecule has 132 valence electrons. The van der Waals surface area contributed by atoms with E-state index in [2.05, 4.69) is 27.6 Å². The zero-order chi connectivity index (χ0) is 17.5. The number of hydrogen-bond donors (Lipinski definition) is 2. The van der Waals surface area contributed by atoms with Crippen LogP contribution in [0.4, 0.5) is 0 Å². The monoisotopic (exact) mass is 331 g/mol. The minimum Gasteiger partial charge on any atom is -0.356 e. The van der Waals surface area contributed by atoms with Crippen LogP contribution in [0.3, 0.4) is 0 Å². The number of amides is 1. The van der Waals surface area contributed by atoms with Gasteiger partial charge in [0.1, 0.15) is 0 Å². The fraction of sp³-hybridized carbons (Fsp3) is 0.556. The summed E-state index contributed by atoms with van der Waals surface area (Å²) in [6.07, 6.45) is 1.24. The molecule has 1 aromatic rings. The number of benzene rings is 1. The molecule has 0 bridgehead atoms. The SMILES string of the molecule is CN=C(NCc1ccc(C(=O)N(C)C)cc1)NCC1CCN(C)C1. The highest BCUT2D eigenvalue weighted by Gasteiger charge is 2.19. The number of nitrogens with one attached hydrogen (secondary N) is 2. The normalized spacial score (nSPS) is 18.5. The van der Waals surface area contributed by atoms with E-state index in [-0.39, 0.29) is 5.91 Å². The molecule has 2 N–H and O–H groups in total. The van der Waals surface area contributed by atoms with Crippen molar-refractivity contribution in [2.45, 2.75) is 13.0 Å². The van der Waals surface area contributed by atoms with Gasteiger partial charge in [-0.15, -0.1) is 0 Å². The Morgan fingerprint density at radius 1 is 1.29 bits per heavy atom. The van der Waals surface area contributed by atoms with E-state index in [0.717, 1.165) is 24.6 Å². The fourth-order valence-corrected chi connectivity index (χ4v) is 2.86. The number of rotatable bonds is 5. The Balaban J connectivity index is 1.79. The predicted molar refractivity (Wildman–Crippen MR) is 98.3 cm³/mol. The topological polar surface area (TPSA) is 60.0 Å². The summed E-state index contributed by atoms with van der Waals surface area (Å²) in [5.41, 5.74) is 1.82. The Kier molecular flexibility index (Phi) is 6.61. The minimum absolute atomic E-state index is 0.0218. The van der Waals surface area contributed by atoms with E-state index in [9.17, 15) is 4.79 Å². The summed E-state index contributed by atoms with van der Waals surface area (Å²) in [4.78, 5) is 20.1.